The van der Waals surface area contributed by atoms with Crippen LogP contribution in [0, 0.1) is 5.41 Å². The Morgan fingerprint density at radius 2 is 1.76 bits per heavy atom. The molecule has 2 aromatic carbocycles. The molecule has 0 fully saturated rings. The first-order valence-electron chi connectivity index (χ1n) is 6.41. The van der Waals surface area contributed by atoms with Gasteiger partial charge in [-0.05, 0) is 24.3 Å². The fourth-order valence-corrected chi connectivity index (χ4v) is 2.10. The molecule has 3 rings (SSSR count). The van der Waals surface area contributed by atoms with E-state index in [0.717, 1.165) is 11.0 Å². The number of rotatable bonds is 3. The number of esters is 1. The number of nitrogens with one attached hydrogen (secondary N) is 2. The molecule has 2 N–H and O–H groups in total. The summed E-state index contributed by atoms with van der Waals surface area (Å²) in [5, 5.41) is 8.22. The molecule has 0 saturated heterocycles. The molecule has 0 saturated carbocycles. The average Bonchev–Trinajstić information content (AvgIpc) is 2.97. The number of nitrogens with zero attached hydrogens (tertiary/aromatic N) is 1. The number of fused-ring (bicyclic) bond motifs is 1. The smallest absolute Gasteiger partial charge is 0.337 e. The molecule has 0 bridgehead atoms. The summed E-state index contributed by atoms with van der Waals surface area (Å²) in [5.41, 5.74) is 3.13. The van der Waals surface area contributed by atoms with Crippen molar-refractivity contribution >= 4 is 22.7 Å². The fraction of sp³-hybridized carbons (Fsp3) is 0.0625. The summed E-state index contributed by atoms with van der Waals surface area (Å²) in [4.78, 5) is 18.9. The van der Waals surface area contributed by atoms with Gasteiger partial charge in [0, 0.05) is 5.56 Å². The molecule has 0 unspecified atom stereocenters. The third-order valence-electron chi connectivity index (χ3n) is 3.22. The number of aromatic amines is 1. The maximum atomic E-state index is 11.4. The van der Waals surface area contributed by atoms with E-state index in [1.54, 1.807) is 24.3 Å². The summed E-state index contributed by atoms with van der Waals surface area (Å²) in [6.07, 6.45) is 0. The van der Waals surface area contributed by atoms with E-state index in [0.29, 0.717) is 17.0 Å². The highest BCUT2D eigenvalue weighted by Crippen LogP contribution is 2.14. The highest BCUT2D eigenvalue weighted by atomic mass is 16.5. The van der Waals surface area contributed by atoms with Gasteiger partial charge in [-0.2, -0.15) is 0 Å². The second-order valence-electron chi connectivity index (χ2n) is 4.55. The topological polar surface area (TPSA) is 78.8 Å². The van der Waals surface area contributed by atoms with E-state index in [1.165, 1.54) is 7.11 Å². The Balaban J connectivity index is 1.92. The zero-order valence-electron chi connectivity index (χ0n) is 11.4. The summed E-state index contributed by atoms with van der Waals surface area (Å²) in [6.45, 7) is 0. The predicted molar refractivity (Wildman–Crippen MR) is 79.8 cm³/mol. The van der Waals surface area contributed by atoms with E-state index < -0.39 is 5.97 Å². The summed E-state index contributed by atoms with van der Waals surface area (Å²) in [5.74, 6) is 0.110. The van der Waals surface area contributed by atoms with E-state index in [9.17, 15) is 4.79 Å². The number of methoxy groups -OCH3 is 1. The van der Waals surface area contributed by atoms with Gasteiger partial charge in [0.2, 0.25) is 0 Å². The van der Waals surface area contributed by atoms with Crippen molar-refractivity contribution in [3.63, 3.8) is 0 Å². The normalized spacial score (nSPS) is 10.5. The Hall–Kier alpha value is -2.95. The Morgan fingerprint density at radius 1 is 1.10 bits per heavy atom. The molecular weight excluding hydrogens is 266 g/mol. The zero-order chi connectivity index (χ0) is 14.8. The minimum atomic E-state index is -0.392. The van der Waals surface area contributed by atoms with Crippen LogP contribution in [0.2, 0.25) is 0 Å². The average molecular weight is 279 g/mol. The van der Waals surface area contributed by atoms with Crippen LogP contribution in [0.3, 0.4) is 0 Å². The summed E-state index contributed by atoms with van der Waals surface area (Å²) >= 11 is 0. The number of carbonyl (C=O) groups is 1. The van der Waals surface area contributed by atoms with Crippen molar-refractivity contribution in [2.45, 2.75) is 0 Å². The van der Waals surface area contributed by atoms with Crippen molar-refractivity contribution in [2.24, 2.45) is 0 Å². The molecule has 0 atom stereocenters. The molecule has 21 heavy (non-hydrogen) atoms. The van der Waals surface area contributed by atoms with Gasteiger partial charge in [0.1, 0.15) is 5.71 Å². The standard InChI is InChI=1S/C16H13N3O2/c1-21-16(20)11-8-6-10(7-9-11)14(17)15-18-12-4-2-3-5-13(12)19-15/h2-9,17H,1H3,(H,18,19). The van der Waals surface area contributed by atoms with Gasteiger partial charge in [-0.3, -0.25) is 5.41 Å². The van der Waals surface area contributed by atoms with Crippen molar-refractivity contribution in [3.05, 3.63) is 65.5 Å². The molecule has 0 amide bonds. The number of aromatic nitrogens is 2. The number of H-pyrrole nitrogens is 1. The van der Waals surface area contributed by atoms with E-state index in [-0.39, 0.29) is 5.71 Å². The van der Waals surface area contributed by atoms with Crippen molar-refractivity contribution in [3.8, 4) is 0 Å². The van der Waals surface area contributed by atoms with Gasteiger partial charge in [0.15, 0.2) is 5.82 Å². The van der Waals surface area contributed by atoms with Crippen molar-refractivity contribution < 1.29 is 9.53 Å². The molecule has 5 nitrogen and oxygen atoms in total. The first-order valence-corrected chi connectivity index (χ1v) is 6.41. The molecule has 0 aliphatic rings. The molecule has 0 aliphatic carbocycles. The lowest BCUT2D eigenvalue weighted by Crippen LogP contribution is -2.05. The minimum absolute atomic E-state index is 0.280. The van der Waals surface area contributed by atoms with Gasteiger partial charge in [0.05, 0.1) is 23.7 Å². The first kappa shape index (κ1) is 13.1. The van der Waals surface area contributed by atoms with Gasteiger partial charge in [-0.1, -0.05) is 24.3 Å². The molecule has 0 aliphatic heterocycles. The van der Waals surface area contributed by atoms with Crippen LogP contribution >= 0.6 is 0 Å². The van der Waals surface area contributed by atoms with Crippen molar-refractivity contribution in [1.29, 1.82) is 5.41 Å². The Kier molecular flexibility index (Phi) is 3.23. The van der Waals surface area contributed by atoms with Crippen LogP contribution in [0.5, 0.6) is 0 Å². The van der Waals surface area contributed by atoms with Crippen LogP contribution in [0.1, 0.15) is 21.7 Å². The summed E-state index contributed by atoms with van der Waals surface area (Å²) in [7, 11) is 1.34. The number of ether oxygens (including phenoxy) is 1. The maximum absolute atomic E-state index is 11.4. The van der Waals surface area contributed by atoms with E-state index in [4.69, 9.17) is 5.41 Å². The number of hydrogen-bond acceptors (Lipinski definition) is 4. The summed E-state index contributed by atoms with van der Waals surface area (Å²) in [6, 6.07) is 14.3. The van der Waals surface area contributed by atoms with Gasteiger partial charge < -0.3 is 9.72 Å². The van der Waals surface area contributed by atoms with Crippen LogP contribution in [0.15, 0.2) is 48.5 Å². The molecule has 5 heteroatoms. The van der Waals surface area contributed by atoms with E-state index in [1.807, 2.05) is 24.3 Å². The van der Waals surface area contributed by atoms with Gasteiger partial charge in [-0.25, -0.2) is 9.78 Å². The molecule has 104 valence electrons. The highest BCUT2D eigenvalue weighted by molar-refractivity contribution is 6.10. The van der Waals surface area contributed by atoms with Gasteiger partial charge in [0.25, 0.3) is 0 Å². The molecule has 3 aromatic rings. The van der Waals surface area contributed by atoms with E-state index >= 15 is 0 Å². The summed E-state index contributed by atoms with van der Waals surface area (Å²) < 4.78 is 4.65. The molecular formula is C16H13N3O2. The van der Waals surface area contributed by atoms with E-state index in [2.05, 4.69) is 14.7 Å². The second-order valence-corrected chi connectivity index (χ2v) is 4.55. The van der Waals surface area contributed by atoms with Crippen LogP contribution in [-0.2, 0) is 4.74 Å². The minimum Gasteiger partial charge on any atom is -0.465 e. The number of benzene rings is 2. The number of carbonyl (C=O) groups excluding carboxylic acids is 1. The van der Waals surface area contributed by atoms with Crippen LogP contribution in [-0.4, -0.2) is 28.8 Å². The number of hydrogen-bond donors (Lipinski definition) is 2. The van der Waals surface area contributed by atoms with Crippen LogP contribution < -0.4 is 0 Å². The Morgan fingerprint density at radius 3 is 2.43 bits per heavy atom. The van der Waals surface area contributed by atoms with Crippen LogP contribution in [0.25, 0.3) is 11.0 Å². The highest BCUT2D eigenvalue weighted by Gasteiger charge is 2.11. The second kappa shape index (κ2) is 5.20. The Labute approximate surface area is 121 Å². The lowest BCUT2D eigenvalue weighted by atomic mass is 10.1. The van der Waals surface area contributed by atoms with Gasteiger partial charge in [-0.15, -0.1) is 0 Å². The molecule has 1 heterocycles. The zero-order valence-corrected chi connectivity index (χ0v) is 11.4. The van der Waals surface area contributed by atoms with Gasteiger partial charge >= 0.3 is 5.97 Å². The lowest BCUT2D eigenvalue weighted by Gasteiger charge is -2.03. The number of para-hydroxylation sites is 2. The Bertz CT molecular complexity index is 786. The predicted octanol–water partition coefficient (Wildman–Crippen LogP) is 2.77. The van der Waals surface area contributed by atoms with Crippen molar-refractivity contribution in [2.75, 3.05) is 7.11 Å². The third-order valence-corrected chi connectivity index (χ3v) is 3.22. The molecule has 1 aromatic heterocycles. The largest absolute Gasteiger partial charge is 0.465 e. The molecule has 0 spiro atoms. The quantitative estimate of drug-likeness (QED) is 0.571. The SMILES string of the molecule is COC(=O)c1ccc(C(=N)c2nc3ccccc3[nH]2)cc1. The molecule has 0 radical (unpaired) electrons. The fourth-order valence-electron chi connectivity index (χ4n) is 2.10. The monoisotopic (exact) mass is 279 g/mol. The number of imidazole rings is 1. The van der Waals surface area contributed by atoms with Crippen molar-refractivity contribution in [1.82, 2.24) is 9.97 Å². The van der Waals surface area contributed by atoms with Crippen LogP contribution in [0.4, 0.5) is 0 Å². The lowest BCUT2D eigenvalue weighted by molar-refractivity contribution is 0.0600. The third kappa shape index (κ3) is 2.41. The first-order chi connectivity index (χ1) is 10.2. The maximum Gasteiger partial charge on any atom is 0.337 e.